The number of halogens is 3. The van der Waals surface area contributed by atoms with Gasteiger partial charge in [0.2, 0.25) is 0 Å². The number of nitrogens with two attached hydrogens (primary N) is 2. The van der Waals surface area contributed by atoms with Gasteiger partial charge in [-0.25, -0.2) is 4.79 Å². The monoisotopic (exact) mass is 363 g/mol. The summed E-state index contributed by atoms with van der Waals surface area (Å²) in [5.41, 5.74) is 11.2. The van der Waals surface area contributed by atoms with Crippen LogP contribution in [0.25, 0.3) is 0 Å². The predicted molar refractivity (Wildman–Crippen MR) is 92.4 cm³/mol. The fraction of sp³-hybridized carbons (Fsp3) is 0.167. The van der Waals surface area contributed by atoms with Gasteiger partial charge in [-0.3, -0.25) is 0 Å². The van der Waals surface area contributed by atoms with Crippen molar-refractivity contribution in [2.75, 3.05) is 17.2 Å². The van der Waals surface area contributed by atoms with Gasteiger partial charge >= 0.3 is 12.3 Å². The highest BCUT2D eigenvalue weighted by Gasteiger charge is 2.30. The molecule has 0 aromatic heterocycles. The summed E-state index contributed by atoms with van der Waals surface area (Å²) in [4.78, 5) is 12.5. The number of rotatable bonds is 5. The molecule has 0 aliphatic heterocycles. The molecule has 0 radical (unpaired) electrons. The molecule has 0 aliphatic carbocycles. The average Bonchev–Trinajstić information content (AvgIpc) is 2.55. The Balaban J connectivity index is 2.28. The topological polar surface area (TPSA) is 81.6 Å². The summed E-state index contributed by atoms with van der Waals surface area (Å²) >= 11 is 0. The van der Waals surface area contributed by atoms with Crippen LogP contribution >= 0.6 is 0 Å². The first kappa shape index (κ1) is 19.0. The summed E-state index contributed by atoms with van der Waals surface area (Å²) in [5, 5.41) is 0. The largest absolute Gasteiger partial charge is 0.416 e. The molecule has 136 valence electrons. The van der Waals surface area contributed by atoms with Crippen molar-refractivity contribution < 1.29 is 22.7 Å². The zero-order chi connectivity index (χ0) is 19.3. The smallest absolute Gasteiger partial charge is 0.408 e. The molecule has 4 N–H and O–H groups in total. The van der Waals surface area contributed by atoms with Crippen molar-refractivity contribution in [2.24, 2.45) is 5.73 Å². The van der Waals surface area contributed by atoms with Crippen LogP contribution in [0, 0.1) is 12.3 Å². The van der Waals surface area contributed by atoms with Crippen molar-refractivity contribution in [3.8, 4) is 18.1 Å². The van der Waals surface area contributed by atoms with Gasteiger partial charge in [0, 0.05) is 12.2 Å². The summed E-state index contributed by atoms with van der Waals surface area (Å²) < 4.78 is 43.3. The molecule has 0 spiro atoms. The lowest BCUT2D eigenvalue weighted by molar-refractivity contribution is -0.137. The molecule has 0 heterocycles. The van der Waals surface area contributed by atoms with Gasteiger partial charge in [0.15, 0.2) is 5.75 Å². The Labute approximate surface area is 148 Å². The van der Waals surface area contributed by atoms with Crippen molar-refractivity contribution in [3.63, 3.8) is 0 Å². The molecule has 26 heavy (non-hydrogen) atoms. The summed E-state index contributed by atoms with van der Waals surface area (Å²) in [6.07, 6.45) is -0.0665. The van der Waals surface area contributed by atoms with Crippen molar-refractivity contribution in [2.45, 2.75) is 12.7 Å². The van der Waals surface area contributed by atoms with E-state index in [2.05, 4.69) is 5.92 Å². The average molecular weight is 363 g/mol. The molecule has 5 nitrogen and oxygen atoms in total. The molecular weight excluding hydrogens is 347 g/mol. The third-order valence-electron chi connectivity index (χ3n) is 3.48. The van der Waals surface area contributed by atoms with Crippen molar-refractivity contribution in [3.05, 3.63) is 53.6 Å². The normalized spacial score (nSPS) is 10.8. The summed E-state index contributed by atoms with van der Waals surface area (Å²) in [5.74, 6) is 2.54. The number of terminal acetylenes is 1. The lowest BCUT2D eigenvalue weighted by atomic mass is 10.1. The van der Waals surface area contributed by atoms with E-state index in [9.17, 15) is 18.0 Å². The fourth-order valence-electron chi connectivity index (χ4n) is 2.35. The van der Waals surface area contributed by atoms with Crippen molar-refractivity contribution in [1.82, 2.24) is 0 Å². The summed E-state index contributed by atoms with van der Waals surface area (Å²) in [7, 11) is 0. The number of anilines is 2. The Morgan fingerprint density at radius 2 is 1.96 bits per heavy atom. The standard InChI is InChI=1S/C18H16F3N3O2/c1-2-8-24(11-12-4-3-5-13(9-12)18(19,20)21)14-6-7-16(15(22)10-14)26-17(23)25/h1,3-7,9-10H,8,11,22H2,(H2,23,25). The van der Waals surface area contributed by atoms with Crippen molar-refractivity contribution in [1.29, 1.82) is 0 Å². The van der Waals surface area contributed by atoms with Crippen LogP contribution in [0.4, 0.5) is 29.3 Å². The maximum absolute atomic E-state index is 12.9. The Bertz CT molecular complexity index is 844. The van der Waals surface area contributed by atoms with Gasteiger partial charge in [-0.2, -0.15) is 13.2 Å². The molecule has 0 bridgehead atoms. The first-order chi connectivity index (χ1) is 12.2. The number of ether oxygens (including phenoxy) is 1. The van der Waals surface area contributed by atoms with Crippen LogP contribution < -0.4 is 21.1 Å². The molecule has 0 atom stereocenters. The second-order valence-electron chi connectivity index (χ2n) is 5.40. The number of benzene rings is 2. The molecule has 2 aromatic carbocycles. The minimum atomic E-state index is -4.43. The second kappa shape index (κ2) is 7.70. The molecule has 0 aliphatic rings. The number of carbonyl (C=O) groups is 1. The highest BCUT2D eigenvalue weighted by atomic mass is 19.4. The van der Waals surface area contributed by atoms with Crippen LogP contribution in [0.1, 0.15) is 11.1 Å². The molecule has 0 fully saturated rings. The SMILES string of the molecule is C#CCN(Cc1cccc(C(F)(F)F)c1)c1ccc(OC(N)=O)c(N)c1. The van der Waals surface area contributed by atoms with Crippen LogP contribution in [-0.4, -0.2) is 12.6 Å². The van der Waals surface area contributed by atoms with Gasteiger partial charge in [-0.05, 0) is 35.9 Å². The predicted octanol–water partition coefficient (Wildman–Crippen LogP) is 3.38. The van der Waals surface area contributed by atoms with Crippen LogP contribution in [-0.2, 0) is 12.7 Å². The van der Waals surface area contributed by atoms with E-state index in [0.717, 1.165) is 12.1 Å². The minimum absolute atomic E-state index is 0.0842. The number of nitrogen functional groups attached to an aromatic ring is 1. The van der Waals surface area contributed by atoms with E-state index < -0.39 is 17.8 Å². The first-order valence-electron chi connectivity index (χ1n) is 7.42. The number of hydrogen-bond acceptors (Lipinski definition) is 4. The van der Waals surface area contributed by atoms with Crippen LogP contribution in [0.2, 0.25) is 0 Å². The fourth-order valence-corrected chi connectivity index (χ4v) is 2.35. The van der Waals surface area contributed by atoms with Crippen molar-refractivity contribution >= 4 is 17.5 Å². The maximum Gasteiger partial charge on any atom is 0.416 e. The second-order valence-corrected chi connectivity index (χ2v) is 5.40. The van der Waals surface area contributed by atoms with Gasteiger partial charge < -0.3 is 21.1 Å². The Morgan fingerprint density at radius 3 is 2.54 bits per heavy atom. The molecule has 2 rings (SSSR count). The van der Waals surface area contributed by atoms with E-state index in [0.29, 0.717) is 11.3 Å². The summed E-state index contributed by atoms with van der Waals surface area (Å²) in [6, 6.07) is 9.51. The Morgan fingerprint density at radius 1 is 1.23 bits per heavy atom. The number of nitrogens with zero attached hydrogens (tertiary/aromatic N) is 1. The van der Waals surface area contributed by atoms with Gasteiger partial charge in [0.25, 0.3) is 0 Å². The third-order valence-corrected chi connectivity index (χ3v) is 3.48. The molecule has 0 saturated heterocycles. The van der Waals surface area contributed by atoms with Gasteiger partial charge in [0.1, 0.15) is 0 Å². The molecule has 8 heteroatoms. The zero-order valence-corrected chi connectivity index (χ0v) is 13.6. The number of amides is 1. The number of primary amides is 1. The van der Waals surface area contributed by atoms with E-state index in [4.69, 9.17) is 22.6 Å². The molecule has 0 saturated carbocycles. The molecule has 2 aromatic rings. The maximum atomic E-state index is 12.9. The van der Waals surface area contributed by atoms with E-state index >= 15 is 0 Å². The van der Waals surface area contributed by atoms with E-state index in [1.165, 1.54) is 18.2 Å². The zero-order valence-electron chi connectivity index (χ0n) is 13.6. The molecule has 0 unspecified atom stereocenters. The van der Waals surface area contributed by atoms with Gasteiger partial charge in [0.05, 0.1) is 17.8 Å². The van der Waals surface area contributed by atoms with Gasteiger partial charge in [-0.1, -0.05) is 18.1 Å². The highest BCUT2D eigenvalue weighted by Crippen LogP contribution is 2.31. The number of hydrogen-bond donors (Lipinski definition) is 2. The van der Waals surface area contributed by atoms with Crippen LogP contribution in [0.15, 0.2) is 42.5 Å². The number of carbonyl (C=O) groups excluding carboxylic acids is 1. The Kier molecular flexibility index (Phi) is 5.62. The summed E-state index contributed by atoms with van der Waals surface area (Å²) in [6.45, 7) is 0.287. The minimum Gasteiger partial charge on any atom is -0.408 e. The van der Waals surface area contributed by atoms with Crippen LogP contribution in [0.3, 0.4) is 0 Å². The van der Waals surface area contributed by atoms with E-state index in [1.54, 1.807) is 17.0 Å². The first-order valence-corrected chi connectivity index (χ1v) is 7.42. The lowest BCUT2D eigenvalue weighted by Gasteiger charge is -2.24. The number of alkyl halides is 3. The van der Waals surface area contributed by atoms with E-state index in [-0.39, 0.29) is 24.5 Å². The van der Waals surface area contributed by atoms with E-state index in [1.807, 2.05) is 0 Å². The third kappa shape index (κ3) is 4.83. The lowest BCUT2D eigenvalue weighted by Crippen LogP contribution is -2.23. The van der Waals surface area contributed by atoms with Gasteiger partial charge in [-0.15, -0.1) is 6.42 Å². The molecular formula is C18H16F3N3O2. The van der Waals surface area contributed by atoms with Crippen LogP contribution in [0.5, 0.6) is 5.75 Å². The molecule has 1 amide bonds. The Hall–Kier alpha value is -3.34. The highest BCUT2D eigenvalue weighted by molar-refractivity contribution is 5.73. The quantitative estimate of drug-likeness (QED) is 0.630.